The van der Waals surface area contributed by atoms with Crippen LogP contribution >= 0.6 is 0 Å². The summed E-state index contributed by atoms with van der Waals surface area (Å²) in [5.41, 5.74) is -0.479. The highest BCUT2D eigenvalue weighted by molar-refractivity contribution is 5.68. The van der Waals surface area contributed by atoms with Crippen molar-refractivity contribution in [2.24, 2.45) is 5.92 Å². The van der Waals surface area contributed by atoms with Gasteiger partial charge in [0.05, 0.1) is 24.3 Å². The van der Waals surface area contributed by atoms with E-state index in [0.29, 0.717) is 12.0 Å². The van der Waals surface area contributed by atoms with Gasteiger partial charge in [-0.2, -0.15) is 0 Å². The lowest BCUT2D eigenvalue weighted by Crippen LogP contribution is -2.74. The normalized spacial score (nSPS) is 40.2. The summed E-state index contributed by atoms with van der Waals surface area (Å²) in [4.78, 5) is 12.2. The van der Waals surface area contributed by atoms with Crippen LogP contribution in [-0.4, -0.2) is 55.2 Å². The van der Waals surface area contributed by atoms with Gasteiger partial charge in [-0.15, -0.1) is 0 Å². The highest BCUT2D eigenvalue weighted by Gasteiger charge is 2.54. The quantitative estimate of drug-likeness (QED) is 0.828. The molecule has 0 bridgehead atoms. The van der Waals surface area contributed by atoms with Crippen molar-refractivity contribution in [2.45, 2.75) is 82.9 Å². The van der Waals surface area contributed by atoms with E-state index in [2.05, 4.69) is 17.6 Å². The molecule has 6 nitrogen and oxygen atoms in total. The second-order valence-electron chi connectivity index (χ2n) is 7.98. The summed E-state index contributed by atoms with van der Waals surface area (Å²) in [6.07, 6.45) is 3.22. The van der Waals surface area contributed by atoms with Crippen LogP contribution in [0.15, 0.2) is 0 Å². The predicted octanol–water partition coefficient (Wildman–Crippen LogP) is 1.82. The van der Waals surface area contributed by atoms with E-state index in [1.807, 2.05) is 20.8 Å². The Hall–Kier alpha value is -0.850. The standard InChI is InChI=1S/C17H30N2O4/c1-10-12(7-9-21-10)18-14-13(11-6-5-8-22-15(11)14)19-16(20)23-17(2,3)4/h10-15,18H,5-9H2,1-4H3,(H,19,20). The lowest BCUT2D eigenvalue weighted by molar-refractivity contribution is -0.131. The monoisotopic (exact) mass is 326 g/mol. The summed E-state index contributed by atoms with van der Waals surface area (Å²) in [6, 6.07) is 0.541. The molecule has 1 saturated carbocycles. The number of amides is 1. The molecule has 2 aliphatic heterocycles. The van der Waals surface area contributed by atoms with E-state index < -0.39 is 5.60 Å². The number of carbonyl (C=O) groups is 1. The maximum atomic E-state index is 12.2. The zero-order chi connectivity index (χ0) is 16.6. The zero-order valence-corrected chi connectivity index (χ0v) is 14.6. The first-order valence-corrected chi connectivity index (χ1v) is 8.84. The third-order valence-corrected chi connectivity index (χ3v) is 5.08. The molecule has 0 aromatic heterocycles. The van der Waals surface area contributed by atoms with Gasteiger partial charge in [0.15, 0.2) is 0 Å². The van der Waals surface area contributed by atoms with Crippen LogP contribution in [0.2, 0.25) is 0 Å². The molecule has 1 amide bonds. The minimum atomic E-state index is -0.479. The van der Waals surface area contributed by atoms with E-state index in [9.17, 15) is 4.79 Å². The molecule has 0 aromatic rings. The number of hydrogen-bond donors (Lipinski definition) is 2. The van der Waals surface area contributed by atoms with Crippen molar-refractivity contribution in [1.82, 2.24) is 10.6 Å². The summed E-state index contributed by atoms with van der Waals surface area (Å²) in [5, 5.41) is 6.73. The first kappa shape index (κ1) is 17.0. The number of carbonyl (C=O) groups excluding carboxylic acids is 1. The molecular formula is C17H30N2O4. The fourth-order valence-electron chi connectivity index (χ4n) is 3.94. The molecule has 3 fully saturated rings. The summed E-state index contributed by atoms with van der Waals surface area (Å²) in [5.74, 6) is 0.381. The van der Waals surface area contributed by atoms with Crippen LogP contribution in [0.4, 0.5) is 4.79 Å². The SMILES string of the molecule is CC1OCCC1NC1C(NC(=O)OC(C)(C)C)C2CCCOC21. The Balaban J connectivity index is 1.62. The van der Waals surface area contributed by atoms with Gasteiger partial charge in [0.2, 0.25) is 0 Å². The van der Waals surface area contributed by atoms with Crippen LogP contribution < -0.4 is 10.6 Å². The van der Waals surface area contributed by atoms with E-state index in [-0.39, 0.29) is 30.4 Å². The van der Waals surface area contributed by atoms with Gasteiger partial charge in [-0.05, 0) is 47.0 Å². The van der Waals surface area contributed by atoms with Crippen molar-refractivity contribution in [3.63, 3.8) is 0 Å². The van der Waals surface area contributed by atoms with Gasteiger partial charge in [-0.25, -0.2) is 4.79 Å². The first-order chi connectivity index (χ1) is 10.8. The molecule has 1 aliphatic carbocycles. The molecule has 0 spiro atoms. The topological polar surface area (TPSA) is 68.8 Å². The molecule has 6 heteroatoms. The first-order valence-electron chi connectivity index (χ1n) is 8.84. The third kappa shape index (κ3) is 3.80. The number of alkyl carbamates (subject to hydrolysis) is 1. The summed E-state index contributed by atoms with van der Waals surface area (Å²) in [7, 11) is 0. The third-order valence-electron chi connectivity index (χ3n) is 5.08. The molecule has 0 aromatic carbocycles. The van der Waals surface area contributed by atoms with Gasteiger partial charge in [0, 0.05) is 25.2 Å². The molecule has 2 saturated heterocycles. The molecule has 0 radical (unpaired) electrons. The fourth-order valence-corrected chi connectivity index (χ4v) is 3.94. The number of fused-ring (bicyclic) bond motifs is 1. The van der Waals surface area contributed by atoms with E-state index in [4.69, 9.17) is 14.2 Å². The average Bonchev–Trinajstić information content (AvgIpc) is 2.86. The highest BCUT2D eigenvalue weighted by Crippen LogP contribution is 2.39. The van der Waals surface area contributed by atoms with Gasteiger partial charge < -0.3 is 24.8 Å². The van der Waals surface area contributed by atoms with Gasteiger partial charge in [-0.3, -0.25) is 0 Å². The Morgan fingerprint density at radius 3 is 2.57 bits per heavy atom. The second-order valence-corrected chi connectivity index (χ2v) is 7.98. The molecule has 3 aliphatic rings. The average molecular weight is 326 g/mol. The van der Waals surface area contributed by atoms with E-state index in [1.165, 1.54) is 0 Å². The molecule has 23 heavy (non-hydrogen) atoms. The summed E-state index contributed by atoms with van der Waals surface area (Å²) >= 11 is 0. The number of nitrogens with one attached hydrogen (secondary N) is 2. The Kier molecular flexibility index (Phi) is 4.85. The summed E-state index contributed by atoms with van der Waals surface area (Å²) < 4.78 is 17.0. The molecule has 2 N–H and O–H groups in total. The van der Waals surface area contributed by atoms with Crippen LogP contribution in [-0.2, 0) is 14.2 Å². The van der Waals surface area contributed by atoms with Crippen molar-refractivity contribution in [3.8, 4) is 0 Å². The van der Waals surface area contributed by atoms with Crippen LogP contribution in [0, 0.1) is 5.92 Å². The lowest BCUT2D eigenvalue weighted by atomic mass is 9.68. The van der Waals surface area contributed by atoms with Crippen LogP contribution in [0.5, 0.6) is 0 Å². The lowest BCUT2D eigenvalue weighted by Gasteiger charge is -2.54. The molecule has 2 heterocycles. The number of ether oxygens (including phenoxy) is 3. The van der Waals surface area contributed by atoms with Crippen molar-refractivity contribution in [3.05, 3.63) is 0 Å². The number of rotatable bonds is 3. The maximum absolute atomic E-state index is 12.2. The molecule has 6 atom stereocenters. The molecule has 132 valence electrons. The highest BCUT2D eigenvalue weighted by atomic mass is 16.6. The van der Waals surface area contributed by atoms with Crippen molar-refractivity contribution < 1.29 is 19.0 Å². The maximum Gasteiger partial charge on any atom is 0.407 e. The van der Waals surface area contributed by atoms with Crippen molar-refractivity contribution in [1.29, 1.82) is 0 Å². The minimum absolute atomic E-state index is 0.0722. The second kappa shape index (κ2) is 6.57. The van der Waals surface area contributed by atoms with E-state index in [1.54, 1.807) is 0 Å². The van der Waals surface area contributed by atoms with Gasteiger partial charge >= 0.3 is 6.09 Å². The van der Waals surface area contributed by atoms with Crippen LogP contribution in [0.25, 0.3) is 0 Å². The fraction of sp³-hybridized carbons (Fsp3) is 0.941. The molecule has 6 unspecified atom stereocenters. The largest absolute Gasteiger partial charge is 0.444 e. The van der Waals surface area contributed by atoms with Gasteiger partial charge in [0.25, 0.3) is 0 Å². The zero-order valence-electron chi connectivity index (χ0n) is 14.6. The minimum Gasteiger partial charge on any atom is -0.444 e. The van der Waals surface area contributed by atoms with Crippen LogP contribution in [0.3, 0.4) is 0 Å². The van der Waals surface area contributed by atoms with Crippen molar-refractivity contribution in [2.75, 3.05) is 13.2 Å². The molecular weight excluding hydrogens is 296 g/mol. The number of hydrogen-bond acceptors (Lipinski definition) is 5. The predicted molar refractivity (Wildman–Crippen MR) is 86.4 cm³/mol. The summed E-state index contributed by atoms with van der Waals surface area (Å²) in [6.45, 7) is 9.35. The van der Waals surface area contributed by atoms with Crippen LogP contribution in [0.1, 0.15) is 47.0 Å². The van der Waals surface area contributed by atoms with Gasteiger partial charge in [0.1, 0.15) is 5.60 Å². The Morgan fingerprint density at radius 1 is 1.13 bits per heavy atom. The van der Waals surface area contributed by atoms with Crippen molar-refractivity contribution >= 4 is 6.09 Å². The Morgan fingerprint density at radius 2 is 1.91 bits per heavy atom. The Labute approximate surface area is 138 Å². The smallest absolute Gasteiger partial charge is 0.407 e. The molecule has 3 rings (SSSR count). The Bertz CT molecular complexity index is 437. The van der Waals surface area contributed by atoms with Gasteiger partial charge in [-0.1, -0.05) is 0 Å². The van der Waals surface area contributed by atoms with E-state index in [0.717, 1.165) is 32.5 Å². The van der Waals surface area contributed by atoms with E-state index >= 15 is 0 Å².